The number of aliphatic hydroxyl groups is 1. The molecule has 1 aromatic heterocycles. The summed E-state index contributed by atoms with van der Waals surface area (Å²) in [4.78, 5) is 11.4. The first-order valence-electron chi connectivity index (χ1n) is 11.5. The zero-order chi connectivity index (χ0) is 25.2. The maximum absolute atomic E-state index is 12.4. The number of aromatic nitrogens is 2. The molecule has 0 amide bonds. The Morgan fingerprint density at radius 3 is 2.51 bits per heavy atom. The first-order valence-corrected chi connectivity index (χ1v) is 13.4. The van der Waals surface area contributed by atoms with Gasteiger partial charge in [-0.05, 0) is 56.7 Å². The zero-order valence-corrected chi connectivity index (χ0v) is 21.2. The van der Waals surface area contributed by atoms with Crippen molar-refractivity contribution in [1.82, 2.24) is 15.3 Å². The summed E-state index contributed by atoms with van der Waals surface area (Å²) in [6.45, 7) is 7.64. The van der Waals surface area contributed by atoms with Crippen LogP contribution in [0, 0.1) is 6.92 Å². The number of anilines is 5. The lowest BCUT2D eigenvalue weighted by Crippen LogP contribution is -2.54. The van der Waals surface area contributed by atoms with E-state index in [1.54, 1.807) is 18.3 Å². The van der Waals surface area contributed by atoms with E-state index in [1.807, 2.05) is 37.3 Å². The molecule has 0 spiro atoms. The minimum Gasteiger partial charge on any atom is -0.392 e. The molecular weight excluding hydrogens is 464 g/mol. The molecule has 35 heavy (non-hydrogen) atoms. The van der Waals surface area contributed by atoms with Gasteiger partial charge in [-0.2, -0.15) is 4.98 Å². The molecule has 1 aliphatic heterocycles. The zero-order valence-electron chi connectivity index (χ0n) is 20.4. The van der Waals surface area contributed by atoms with E-state index < -0.39 is 9.84 Å². The molecule has 3 aromatic rings. The molecular formula is C25H32N6O3S. The van der Waals surface area contributed by atoms with Crippen LogP contribution < -0.4 is 20.9 Å². The van der Waals surface area contributed by atoms with E-state index in [4.69, 9.17) is 0 Å². The molecule has 9 nitrogen and oxygen atoms in total. The van der Waals surface area contributed by atoms with Crippen LogP contribution >= 0.6 is 0 Å². The summed E-state index contributed by atoms with van der Waals surface area (Å²) in [6, 6.07) is 13.3. The summed E-state index contributed by atoms with van der Waals surface area (Å²) >= 11 is 0. The maximum Gasteiger partial charge on any atom is 0.229 e. The lowest BCUT2D eigenvalue weighted by atomic mass is 10.1. The van der Waals surface area contributed by atoms with Crippen molar-refractivity contribution in [2.24, 2.45) is 0 Å². The van der Waals surface area contributed by atoms with Crippen LogP contribution in [-0.4, -0.2) is 54.9 Å². The second-order valence-electron chi connectivity index (χ2n) is 9.20. The van der Waals surface area contributed by atoms with Crippen molar-refractivity contribution in [3.63, 3.8) is 0 Å². The fourth-order valence-electron chi connectivity index (χ4n) is 4.23. The number of aryl methyl sites for hydroxylation is 1. The fourth-order valence-corrected chi connectivity index (χ4v) is 4.91. The fraction of sp³-hybridized carbons (Fsp3) is 0.360. The Bertz CT molecular complexity index is 1300. The summed E-state index contributed by atoms with van der Waals surface area (Å²) in [6.07, 6.45) is 2.92. The predicted molar refractivity (Wildman–Crippen MR) is 140 cm³/mol. The summed E-state index contributed by atoms with van der Waals surface area (Å²) in [7, 11) is -3.42. The van der Waals surface area contributed by atoms with Crippen molar-refractivity contribution >= 4 is 38.7 Å². The second-order valence-corrected chi connectivity index (χ2v) is 11.2. The number of piperazine rings is 1. The van der Waals surface area contributed by atoms with Crippen LogP contribution in [-0.2, 0) is 16.4 Å². The van der Waals surface area contributed by atoms with E-state index in [2.05, 4.69) is 44.7 Å². The minimum absolute atomic E-state index is 0.0469. The summed E-state index contributed by atoms with van der Waals surface area (Å²) in [5.74, 6) is 0.955. The van der Waals surface area contributed by atoms with Crippen LogP contribution in [0.15, 0.2) is 53.6 Å². The van der Waals surface area contributed by atoms with Gasteiger partial charge in [-0.1, -0.05) is 12.1 Å². The SMILES string of the molecule is Cc1cnc(Nc2cc(N3C[C@@H](C)N[C@@H](C)C3)cc(S(C)(=O)=O)c2)nc1Nc1cccc(CO)c1. The molecule has 0 unspecified atom stereocenters. The highest BCUT2D eigenvalue weighted by Gasteiger charge is 2.23. The standard InChI is InChI=1S/C25H32N6O3S/c1-16-12-26-25(30-24(16)28-20-7-5-6-19(8-20)15-32)29-21-9-22(11-23(10-21)35(4,33)34)31-13-17(2)27-18(3)14-31/h5-12,17-18,27,32H,13-15H2,1-4H3,(H2,26,28,29,30)/t17-,18+. The van der Waals surface area contributed by atoms with E-state index in [1.165, 1.54) is 6.26 Å². The maximum atomic E-state index is 12.4. The van der Waals surface area contributed by atoms with E-state index in [0.29, 0.717) is 17.5 Å². The molecule has 10 heteroatoms. The molecule has 2 heterocycles. The number of hydrogen-bond donors (Lipinski definition) is 4. The molecule has 0 aliphatic carbocycles. The lowest BCUT2D eigenvalue weighted by molar-refractivity contribution is 0.282. The lowest BCUT2D eigenvalue weighted by Gasteiger charge is -2.38. The molecule has 1 saturated heterocycles. The van der Waals surface area contributed by atoms with Crippen molar-refractivity contribution in [2.45, 2.75) is 44.4 Å². The van der Waals surface area contributed by atoms with Gasteiger partial charge < -0.3 is 26.0 Å². The van der Waals surface area contributed by atoms with E-state index in [-0.39, 0.29) is 23.6 Å². The third kappa shape index (κ3) is 6.27. The van der Waals surface area contributed by atoms with Gasteiger partial charge in [-0.25, -0.2) is 13.4 Å². The normalized spacial score (nSPS) is 18.4. The Morgan fingerprint density at radius 2 is 1.83 bits per heavy atom. The first kappa shape index (κ1) is 24.9. The molecule has 186 valence electrons. The van der Waals surface area contributed by atoms with Gasteiger partial charge in [0.15, 0.2) is 9.84 Å². The van der Waals surface area contributed by atoms with Crippen LogP contribution in [0.2, 0.25) is 0 Å². The van der Waals surface area contributed by atoms with E-state index in [9.17, 15) is 13.5 Å². The van der Waals surface area contributed by atoms with Gasteiger partial charge in [0.25, 0.3) is 0 Å². The Balaban J connectivity index is 1.64. The number of nitrogens with zero attached hydrogens (tertiary/aromatic N) is 3. The van der Waals surface area contributed by atoms with Crippen molar-refractivity contribution in [3.8, 4) is 0 Å². The van der Waals surface area contributed by atoms with E-state index >= 15 is 0 Å². The Kier molecular flexibility index (Phi) is 7.25. The first-order chi connectivity index (χ1) is 16.6. The molecule has 2 atom stereocenters. The third-order valence-corrected chi connectivity index (χ3v) is 6.93. The van der Waals surface area contributed by atoms with Gasteiger partial charge in [0.05, 0.1) is 11.5 Å². The monoisotopic (exact) mass is 496 g/mol. The van der Waals surface area contributed by atoms with Crippen molar-refractivity contribution in [1.29, 1.82) is 0 Å². The Morgan fingerprint density at radius 1 is 1.09 bits per heavy atom. The number of hydrogen-bond acceptors (Lipinski definition) is 9. The Labute approximate surface area is 206 Å². The highest BCUT2D eigenvalue weighted by molar-refractivity contribution is 7.90. The largest absolute Gasteiger partial charge is 0.392 e. The van der Waals surface area contributed by atoms with Crippen molar-refractivity contribution < 1.29 is 13.5 Å². The predicted octanol–water partition coefficient (Wildman–Crippen LogP) is 3.35. The highest BCUT2D eigenvalue weighted by Crippen LogP contribution is 2.29. The topological polar surface area (TPSA) is 119 Å². The van der Waals surface area contributed by atoms with Crippen LogP contribution in [0.3, 0.4) is 0 Å². The molecule has 1 fully saturated rings. The number of benzene rings is 2. The summed E-state index contributed by atoms with van der Waals surface area (Å²) in [5, 5.41) is 19.4. The van der Waals surface area contributed by atoms with Gasteiger partial charge in [0, 0.05) is 60.3 Å². The molecule has 1 aliphatic rings. The molecule has 0 bridgehead atoms. The average molecular weight is 497 g/mol. The molecule has 4 N–H and O–H groups in total. The summed E-state index contributed by atoms with van der Waals surface area (Å²) < 4.78 is 24.9. The molecule has 0 radical (unpaired) electrons. The third-order valence-electron chi connectivity index (χ3n) is 5.84. The number of rotatable bonds is 7. The van der Waals surface area contributed by atoms with Crippen molar-refractivity contribution in [3.05, 3.63) is 59.8 Å². The Hall–Kier alpha value is -3.21. The number of sulfone groups is 1. The molecule has 0 saturated carbocycles. The number of aliphatic hydroxyl groups excluding tert-OH is 1. The van der Waals surface area contributed by atoms with E-state index in [0.717, 1.165) is 35.6 Å². The van der Waals surface area contributed by atoms with Gasteiger partial charge in [-0.3, -0.25) is 0 Å². The van der Waals surface area contributed by atoms with Gasteiger partial charge in [0.2, 0.25) is 5.95 Å². The summed E-state index contributed by atoms with van der Waals surface area (Å²) in [5.41, 5.74) is 3.87. The van der Waals surface area contributed by atoms with Gasteiger partial charge >= 0.3 is 0 Å². The smallest absolute Gasteiger partial charge is 0.229 e. The van der Waals surface area contributed by atoms with Crippen LogP contribution in [0.25, 0.3) is 0 Å². The van der Waals surface area contributed by atoms with Gasteiger partial charge in [-0.15, -0.1) is 0 Å². The van der Waals surface area contributed by atoms with Crippen molar-refractivity contribution in [2.75, 3.05) is 34.9 Å². The van der Waals surface area contributed by atoms with Crippen LogP contribution in [0.1, 0.15) is 25.0 Å². The quantitative estimate of drug-likeness (QED) is 0.390. The highest BCUT2D eigenvalue weighted by atomic mass is 32.2. The average Bonchev–Trinajstić information content (AvgIpc) is 2.80. The molecule has 2 aromatic carbocycles. The van der Waals surface area contributed by atoms with Crippen LogP contribution in [0.4, 0.5) is 28.8 Å². The number of nitrogens with one attached hydrogen (secondary N) is 3. The second kappa shape index (κ2) is 10.2. The molecule has 4 rings (SSSR count). The van der Waals surface area contributed by atoms with Crippen LogP contribution in [0.5, 0.6) is 0 Å². The minimum atomic E-state index is -3.42. The van der Waals surface area contributed by atoms with Gasteiger partial charge in [0.1, 0.15) is 5.82 Å².